The Hall–Kier alpha value is -1.63. The van der Waals surface area contributed by atoms with Crippen LogP contribution in [0.2, 0.25) is 0 Å². The second-order valence-corrected chi connectivity index (χ2v) is 6.29. The van der Waals surface area contributed by atoms with Crippen molar-refractivity contribution in [1.82, 2.24) is 4.98 Å². The number of carbonyl (C=O) groups is 1. The molecule has 0 fully saturated rings. The van der Waals surface area contributed by atoms with Crippen molar-refractivity contribution in [3.63, 3.8) is 0 Å². The summed E-state index contributed by atoms with van der Waals surface area (Å²) in [6, 6.07) is 10.8. The van der Waals surface area contributed by atoms with Crippen LogP contribution in [0, 0.1) is 9.49 Å². The van der Waals surface area contributed by atoms with Crippen LogP contribution in [0.3, 0.4) is 0 Å². The number of rotatable bonds is 5. The topological polar surface area (TPSA) is 51.2 Å². The molecule has 0 spiro atoms. The van der Waals surface area contributed by atoms with Crippen molar-refractivity contribution in [2.75, 3.05) is 11.9 Å². The molecule has 2 rings (SSSR count). The van der Waals surface area contributed by atoms with Crippen LogP contribution in [0.5, 0.6) is 5.75 Å². The number of aromatic nitrogens is 1. The molecule has 1 aromatic heterocycles. The van der Waals surface area contributed by atoms with E-state index in [1.807, 2.05) is 6.07 Å². The Labute approximate surface area is 138 Å². The van der Waals surface area contributed by atoms with Crippen molar-refractivity contribution in [3.05, 3.63) is 51.7 Å². The molecule has 1 aromatic carbocycles. The zero-order valence-electron chi connectivity index (χ0n) is 12.0. The van der Waals surface area contributed by atoms with Gasteiger partial charge in [-0.3, -0.25) is 4.79 Å². The van der Waals surface area contributed by atoms with Crippen molar-refractivity contribution in [1.29, 1.82) is 0 Å². The highest BCUT2D eigenvalue weighted by molar-refractivity contribution is 14.1. The molecule has 0 unspecified atom stereocenters. The summed E-state index contributed by atoms with van der Waals surface area (Å²) >= 11 is 2.17. The Kier molecular flexibility index (Phi) is 5.55. The fourth-order valence-corrected chi connectivity index (χ4v) is 1.92. The van der Waals surface area contributed by atoms with E-state index in [9.17, 15) is 4.79 Å². The largest absolute Gasteiger partial charge is 0.493 e. The minimum absolute atomic E-state index is 0.181. The standard InChI is InChI=1S/C16H17IN2O2/c1-11(2)10-21-14-6-3-12(4-7-14)16(20)19-15-8-5-13(17)9-18-15/h3-9,11H,10H2,1-2H3,(H,18,19,20). The fourth-order valence-electron chi connectivity index (χ4n) is 1.60. The van der Waals surface area contributed by atoms with E-state index in [2.05, 4.69) is 46.7 Å². The van der Waals surface area contributed by atoms with E-state index in [4.69, 9.17) is 4.74 Å². The first kappa shape index (κ1) is 15.8. The van der Waals surface area contributed by atoms with Crippen LogP contribution in [0.1, 0.15) is 24.2 Å². The highest BCUT2D eigenvalue weighted by Gasteiger charge is 2.07. The highest BCUT2D eigenvalue weighted by Crippen LogP contribution is 2.15. The van der Waals surface area contributed by atoms with Gasteiger partial charge < -0.3 is 10.1 Å². The molecule has 0 saturated heterocycles. The minimum atomic E-state index is -0.181. The summed E-state index contributed by atoms with van der Waals surface area (Å²) in [6.45, 7) is 4.85. The first-order valence-corrected chi connectivity index (χ1v) is 7.78. The maximum atomic E-state index is 12.1. The van der Waals surface area contributed by atoms with Crippen LogP contribution in [0.4, 0.5) is 5.82 Å². The summed E-state index contributed by atoms with van der Waals surface area (Å²) < 4.78 is 6.61. The van der Waals surface area contributed by atoms with Gasteiger partial charge in [0.05, 0.1) is 6.61 Å². The number of anilines is 1. The Morgan fingerprint density at radius 3 is 2.52 bits per heavy atom. The van der Waals surface area contributed by atoms with Gasteiger partial charge in [-0.15, -0.1) is 0 Å². The lowest BCUT2D eigenvalue weighted by Crippen LogP contribution is -2.13. The number of nitrogens with one attached hydrogen (secondary N) is 1. The summed E-state index contributed by atoms with van der Waals surface area (Å²) in [7, 11) is 0. The summed E-state index contributed by atoms with van der Waals surface area (Å²) in [4.78, 5) is 16.2. The van der Waals surface area contributed by atoms with Gasteiger partial charge in [-0.2, -0.15) is 0 Å². The second-order valence-electron chi connectivity index (χ2n) is 5.05. The minimum Gasteiger partial charge on any atom is -0.493 e. The average molecular weight is 396 g/mol. The summed E-state index contributed by atoms with van der Waals surface area (Å²) in [5.74, 6) is 1.60. The number of pyridine rings is 1. The number of nitrogens with zero attached hydrogens (tertiary/aromatic N) is 1. The van der Waals surface area contributed by atoms with Crippen LogP contribution in [-0.2, 0) is 0 Å². The molecule has 1 N–H and O–H groups in total. The Bertz CT molecular complexity index is 595. The Morgan fingerprint density at radius 1 is 1.24 bits per heavy atom. The van der Waals surface area contributed by atoms with Crippen molar-refractivity contribution in [3.8, 4) is 5.75 Å². The van der Waals surface area contributed by atoms with E-state index < -0.39 is 0 Å². The van der Waals surface area contributed by atoms with Crippen molar-refractivity contribution < 1.29 is 9.53 Å². The van der Waals surface area contributed by atoms with Crippen LogP contribution in [0.25, 0.3) is 0 Å². The molecule has 0 aliphatic carbocycles. The van der Waals surface area contributed by atoms with Crippen LogP contribution in [0.15, 0.2) is 42.6 Å². The number of amides is 1. The maximum absolute atomic E-state index is 12.1. The van der Waals surface area contributed by atoms with Crippen LogP contribution in [-0.4, -0.2) is 17.5 Å². The molecular weight excluding hydrogens is 379 g/mol. The molecule has 0 radical (unpaired) electrons. The molecule has 1 amide bonds. The lowest BCUT2D eigenvalue weighted by atomic mass is 10.2. The summed E-state index contributed by atoms with van der Waals surface area (Å²) in [5, 5.41) is 2.76. The number of halogens is 1. The summed E-state index contributed by atoms with van der Waals surface area (Å²) in [6.07, 6.45) is 1.71. The molecule has 21 heavy (non-hydrogen) atoms. The van der Waals surface area contributed by atoms with Gasteiger partial charge in [0.25, 0.3) is 5.91 Å². The van der Waals surface area contributed by atoms with Crippen molar-refractivity contribution >= 4 is 34.3 Å². The van der Waals surface area contributed by atoms with Gasteiger partial charge in [0.2, 0.25) is 0 Å². The lowest BCUT2D eigenvalue weighted by Gasteiger charge is -2.09. The molecule has 0 bridgehead atoms. The average Bonchev–Trinajstić information content (AvgIpc) is 2.48. The molecule has 5 heteroatoms. The fraction of sp³-hybridized carbons (Fsp3) is 0.250. The number of carbonyl (C=O) groups excluding carboxylic acids is 1. The molecular formula is C16H17IN2O2. The predicted molar refractivity (Wildman–Crippen MR) is 91.7 cm³/mol. The zero-order valence-corrected chi connectivity index (χ0v) is 14.1. The number of hydrogen-bond acceptors (Lipinski definition) is 3. The first-order valence-electron chi connectivity index (χ1n) is 6.70. The number of benzene rings is 1. The molecule has 2 aromatic rings. The third-order valence-corrected chi connectivity index (χ3v) is 3.31. The van der Waals surface area contributed by atoms with Crippen LogP contribution < -0.4 is 10.1 Å². The molecule has 0 aliphatic heterocycles. The maximum Gasteiger partial charge on any atom is 0.256 e. The molecule has 0 aliphatic rings. The van der Waals surface area contributed by atoms with E-state index in [1.54, 1.807) is 36.5 Å². The van der Waals surface area contributed by atoms with Gasteiger partial charge >= 0.3 is 0 Å². The monoisotopic (exact) mass is 396 g/mol. The number of ether oxygens (including phenoxy) is 1. The molecule has 0 saturated carbocycles. The second kappa shape index (κ2) is 7.40. The van der Waals surface area contributed by atoms with Gasteiger partial charge in [0, 0.05) is 15.3 Å². The van der Waals surface area contributed by atoms with E-state index in [0.717, 1.165) is 9.32 Å². The van der Waals surface area contributed by atoms with E-state index in [1.165, 1.54) is 0 Å². The van der Waals surface area contributed by atoms with Gasteiger partial charge in [-0.25, -0.2) is 4.98 Å². The lowest BCUT2D eigenvalue weighted by molar-refractivity contribution is 0.102. The van der Waals surface area contributed by atoms with Gasteiger partial charge in [-0.05, 0) is 64.9 Å². The quantitative estimate of drug-likeness (QED) is 0.779. The third-order valence-electron chi connectivity index (χ3n) is 2.67. The smallest absolute Gasteiger partial charge is 0.256 e. The molecule has 0 atom stereocenters. The van der Waals surface area contributed by atoms with Gasteiger partial charge in [0.15, 0.2) is 0 Å². The van der Waals surface area contributed by atoms with Crippen molar-refractivity contribution in [2.24, 2.45) is 5.92 Å². The van der Waals surface area contributed by atoms with Gasteiger partial charge in [0.1, 0.15) is 11.6 Å². The van der Waals surface area contributed by atoms with Gasteiger partial charge in [-0.1, -0.05) is 13.8 Å². The van der Waals surface area contributed by atoms with E-state index in [0.29, 0.717) is 23.9 Å². The van der Waals surface area contributed by atoms with Crippen LogP contribution >= 0.6 is 22.6 Å². The molecule has 110 valence electrons. The first-order chi connectivity index (χ1) is 10.0. The van der Waals surface area contributed by atoms with Crippen molar-refractivity contribution in [2.45, 2.75) is 13.8 Å². The zero-order chi connectivity index (χ0) is 15.2. The normalized spacial score (nSPS) is 10.5. The van der Waals surface area contributed by atoms with E-state index in [-0.39, 0.29) is 5.91 Å². The third kappa shape index (κ3) is 5.00. The molecule has 4 nitrogen and oxygen atoms in total. The SMILES string of the molecule is CC(C)COc1ccc(C(=O)Nc2ccc(I)cn2)cc1. The highest BCUT2D eigenvalue weighted by atomic mass is 127. The van der Waals surface area contributed by atoms with E-state index >= 15 is 0 Å². The summed E-state index contributed by atoms with van der Waals surface area (Å²) in [5.41, 5.74) is 0.576. The Morgan fingerprint density at radius 2 is 1.95 bits per heavy atom. The molecule has 1 heterocycles. The predicted octanol–water partition coefficient (Wildman–Crippen LogP) is 3.97. The Balaban J connectivity index is 1.97. The number of hydrogen-bond donors (Lipinski definition) is 1.